The minimum absolute atomic E-state index is 0.0193. The molecule has 0 aliphatic rings. The van der Waals surface area contributed by atoms with Crippen molar-refractivity contribution in [2.45, 2.75) is 33.1 Å². The van der Waals surface area contributed by atoms with Crippen molar-refractivity contribution in [2.24, 2.45) is 0 Å². The number of ketones is 3. The lowest BCUT2D eigenvalue weighted by molar-refractivity contribution is 0.0978. The second-order valence-electron chi connectivity index (χ2n) is 9.90. The monoisotopic (exact) mass is 695 g/mol. The third kappa shape index (κ3) is 8.46. The Kier molecular flexibility index (Phi) is 11.3. The highest BCUT2D eigenvalue weighted by atomic mass is 79.9. The fourth-order valence-corrected chi connectivity index (χ4v) is 5.98. The lowest BCUT2D eigenvalue weighted by Gasteiger charge is -2.05. The standard InChI is InChI=1S/C18H12BrF2NOS.C17H14F2O2/c1-10-17(22-18(19)24-10)12-7-5-11(6-8-12)16(23)9-13-14(20)3-2-4-15(13)21;1-2-16(20)11-6-8-12(9-7-11)17(21)10-13-14(18)4-3-5-15(13)19/h2-8H,9H2,1H3;3-9H,2,10H2,1H3. The normalized spacial score (nSPS) is 10.6. The minimum Gasteiger partial charge on any atom is -0.294 e. The number of hydrogen-bond acceptors (Lipinski definition) is 5. The van der Waals surface area contributed by atoms with Crippen molar-refractivity contribution in [1.82, 2.24) is 4.98 Å². The molecule has 5 aromatic rings. The lowest BCUT2D eigenvalue weighted by atomic mass is 10.00. The molecule has 0 bridgehead atoms. The van der Waals surface area contributed by atoms with Crippen molar-refractivity contribution in [3.63, 3.8) is 0 Å². The zero-order valence-electron chi connectivity index (χ0n) is 24.2. The van der Waals surface area contributed by atoms with Gasteiger partial charge in [-0.1, -0.05) is 67.6 Å². The van der Waals surface area contributed by atoms with Gasteiger partial charge in [-0.25, -0.2) is 22.5 Å². The molecule has 0 saturated carbocycles. The molecule has 0 spiro atoms. The number of hydrogen-bond donors (Lipinski definition) is 0. The molecule has 0 aliphatic heterocycles. The third-order valence-corrected chi connectivity index (χ3v) is 8.32. The molecule has 4 nitrogen and oxygen atoms in total. The summed E-state index contributed by atoms with van der Waals surface area (Å²) in [4.78, 5) is 41.3. The van der Waals surface area contributed by atoms with E-state index in [2.05, 4.69) is 20.9 Å². The van der Waals surface area contributed by atoms with Gasteiger partial charge >= 0.3 is 0 Å². The highest BCUT2D eigenvalue weighted by Crippen LogP contribution is 2.30. The summed E-state index contributed by atoms with van der Waals surface area (Å²) in [5, 5.41) is 0. The van der Waals surface area contributed by atoms with Crippen molar-refractivity contribution in [2.75, 3.05) is 0 Å². The Morgan fingerprint density at radius 2 is 1.02 bits per heavy atom. The maximum atomic E-state index is 13.7. The van der Waals surface area contributed by atoms with Crippen molar-refractivity contribution in [3.8, 4) is 11.3 Å². The van der Waals surface area contributed by atoms with Crippen LogP contribution in [0.4, 0.5) is 17.6 Å². The number of nitrogens with zero attached hydrogens (tertiary/aromatic N) is 1. The van der Waals surface area contributed by atoms with Crippen LogP contribution in [0, 0.1) is 30.2 Å². The fourth-order valence-electron chi connectivity index (χ4n) is 4.42. The molecule has 1 heterocycles. The Balaban J connectivity index is 0.000000207. The first kappa shape index (κ1) is 33.6. The van der Waals surface area contributed by atoms with Gasteiger partial charge in [0.15, 0.2) is 21.3 Å². The molecular weight excluding hydrogens is 670 g/mol. The summed E-state index contributed by atoms with van der Waals surface area (Å²) < 4.78 is 55.1. The van der Waals surface area contributed by atoms with Gasteiger partial charge in [0.1, 0.15) is 23.3 Å². The molecule has 10 heteroatoms. The summed E-state index contributed by atoms with van der Waals surface area (Å²) in [6.45, 7) is 3.72. The van der Waals surface area contributed by atoms with Gasteiger partial charge in [0.25, 0.3) is 0 Å². The van der Waals surface area contributed by atoms with Gasteiger partial charge in [0.05, 0.1) is 5.69 Å². The van der Waals surface area contributed by atoms with E-state index in [0.29, 0.717) is 23.1 Å². The summed E-state index contributed by atoms with van der Waals surface area (Å²) >= 11 is 4.89. The maximum Gasteiger partial charge on any atom is 0.167 e. The van der Waals surface area contributed by atoms with Gasteiger partial charge in [0.2, 0.25) is 0 Å². The second-order valence-corrected chi connectivity index (χ2v) is 12.4. The average molecular weight is 697 g/mol. The first-order chi connectivity index (χ1) is 21.5. The van der Waals surface area contributed by atoms with Crippen LogP contribution in [0.25, 0.3) is 11.3 Å². The predicted octanol–water partition coefficient (Wildman–Crippen LogP) is 9.57. The van der Waals surface area contributed by atoms with Crippen LogP contribution in [0.1, 0.15) is 60.4 Å². The van der Waals surface area contributed by atoms with Crippen molar-refractivity contribution in [3.05, 3.63) is 145 Å². The predicted molar refractivity (Wildman–Crippen MR) is 170 cm³/mol. The van der Waals surface area contributed by atoms with E-state index >= 15 is 0 Å². The summed E-state index contributed by atoms with van der Waals surface area (Å²) in [5.41, 5.74) is 2.56. The highest BCUT2D eigenvalue weighted by Gasteiger charge is 2.17. The van der Waals surface area contributed by atoms with Gasteiger partial charge in [0, 0.05) is 57.5 Å². The Morgan fingerprint density at radius 3 is 1.38 bits per heavy atom. The molecule has 0 amide bonds. The molecule has 0 fully saturated rings. The van der Waals surface area contributed by atoms with E-state index in [9.17, 15) is 31.9 Å². The Morgan fingerprint density at radius 1 is 0.644 bits per heavy atom. The molecule has 1 aromatic heterocycles. The summed E-state index contributed by atoms with van der Waals surface area (Å²) in [7, 11) is 0. The van der Waals surface area contributed by atoms with Gasteiger partial charge in [-0.3, -0.25) is 14.4 Å². The number of aryl methyl sites for hydroxylation is 1. The maximum absolute atomic E-state index is 13.7. The van der Waals surface area contributed by atoms with Crippen LogP contribution >= 0.6 is 27.3 Å². The molecule has 0 aliphatic carbocycles. The van der Waals surface area contributed by atoms with Crippen LogP contribution in [0.2, 0.25) is 0 Å². The molecule has 0 atom stereocenters. The SMILES string of the molecule is CCC(=O)c1ccc(C(=O)Cc2c(F)cccc2F)cc1.Cc1sc(Br)nc1-c1ccc(C(=O)Cc2c(F)cccc2F)cc1. The molecule has 5 rings (SSSR count). The zero-order valence-corrected chi connectivity index (χ0v) is 26.6. The number of carbonyl (C=O) groups excluding carboxylic acids is 3. The number of benzene rings is 4. The molecule has 0 N–H and O–H groups in total. The largest absolute Gasteiger partial charge is 0.294 e. The Labute approximate surface area is 269 Å². The van der Waals surface area contributed by atoms with E-state index in [4.69, 9.17) is 0 Å². The molecular formula is C35H26BrF4NO3S. The van der Waals surface area contributed by atoms with Crippen molar-refractivity contribution >= 4 is 44.6 Å². The summed E-state index contributed by atoms with van der Waals surface area (Å²) in [5.74, 6) is -3.63. The second kappa shape index (κ2) is 15.1. The first-order valence-corrected chi connectivity index (χ1v) is 15.4. The molecule has 4 aromatic carbocycles. The van der Waals surface area contributed by atoms with Crippen LogP contribution in [-0.4, -0.2) is 22.3 Å². The van der Waals surface area contributed by atoms with Gasteiger partial charge in [-0.15, -0.1) is 11.3 Å². The smallest absolute Gasteiger partial charge is 0.167 e. The topological polar surface area (TPSA) is 64.1 Å². The molecule has 0 saturated heterocycles. The molecule has 0 unspecified atom stereocenters. The van der Waals surface area contributed by atoms with E-state index in [-0.39, 0.29) is 35.5 Å². The van der Waals surface area contributed by atoms with E-state index in [0.717, 1.165) is 44.3 Å². The number of thiazole rings is 1. The molecule has 230 valence electrons. The van der Waals surface area contributed by atoms with Crippen LogP contribution in [0.15, 0.2) is 88.8 Å². The van der Waals surface area contributed by atoms with Crippen LogP contribution in [-0.2, 0) is 12.8 Å². The van der Waals surface area contributed by atoms with Crippen LogP contribution in [0.5, 0.6) is 0 Å². The van der Waals surface area contributed by atoms with E-state index in [1.807, 2.05) is 6.92 Å². The number of carbonyl (C=O) groups is 3. The number of aromatic nitrogens is 1. The lowest BCUT2D eigenvalue weighted by Crippen LogP contribution is -2.08. The number of Topliss-reactive ketones (excluding diaryl/α,β-unsaturated/α-hetero) is 3. The minimum atomic E-state index is -0.735. The van der Waals surface area contributed by atoms with E-state index in [1.54, 1.807) is 43.3 Å². The van der Waals surface area contributed by atoms with Crippen LogP contribution < -0.4 is 0 Å². The third-order valence-electron chi connectivity index (χ3n) is 6.90. The quantitative estimate of drug-likeness (QED) is 0.114. The molecule has 45 heavy (non-hydrogen) atoms. The van der Waals surface area contributed by atoms with E-state index < -0.39 is 29.1 Å². The summed E-state index contributed by atoms with van der Waals surface area (Å²) in [6, 6.07) is 20.1. The Hall–Kier alpha value is -4.28. The summed E-state index contributed by atoms with van der Waals surface area (Å²) in [6.07, 6.45) is -0.271. The van der Waals surface area contributed by atoms with E-state index in [1.165, 1.54) is 35.6 Å². The van der Waals surface area contributed by atoms with Crippen LogP contribution in [0.3, 0.4) is 0 Å². The van der Waals surface area contributed by atoms with Crippen molar-refractivity contribution < 1.29 is 31.9 Å². The zero-order chi connectivity index (χ0) is 32.7. The molecule has 0 radical (unpaired) electrons. The number of halogens is 5. The van der Waals surface area contributed by atoms with Gasteiger partial charge in [-0.05, 0) is 47.1 Å². The Bertz CT molecular complexity index is 1810. The highest BCUT2D eigenvalue weighted by molar-refractivity contribution is 9.11. The van der Waals surface area contributed by atoms with Crippen molar-refractivity contribution in [1.29, 1.82) is 0 Å². The van der Waals surface area contributed by atoms with Gasteiger partial charge in [-0.2, -0.15) is 0 Å². The number of rotatable bonds is 9. The fraction of sp³-hybridized carbons (Fsp3) is 0.143. The first-order valence-electron chi connectivity index (χ1n) is 13.8. The average Bonchev–Trinajstić information content (AvgIpc) is 3.38. The van der Waals surface area contributed by atoms with Gasteiger partial charge < -0.3 is 0 Å².